The van der Waals surface area contributed by atoms with Gasteiger partial charge in [-0.1, -0.05) is 13.0 Å². The van der Waals surface area contributed by atoms with Crippen molar-refractivity contribution in [2.24, 2.45) is 5.92 Å². The third-order valence-electron chi connectivity index (χ3n) is 2.14. The third kappa shape index (κ3) is 2.53. The molecular weight excluding hydrogens is 184 g/mol. The Bertz CT molecular complexity index is 355. The molecule has 0 amide bonds. The summed E-state index contributed by atoms with van der Waals surface area (Å²) < 4.78 is 25.3. The van der Waals surface area contributed by atoms with Gasteiger partial charge in [0, 0.05) is 0 Å². The van der Waals surface area contributed by atoms with E-state index in [1.807, 2.05) is 6.92 Å². The maximum absolute atomic E-state index is 12.8. The molecule has 74 valence electrons. The Balaban J connectivity index is 2.78. The lowest BCUT2D eigenvalue weighted by atomic mass is 9.98. The van der Waals surface area contributed by atoms with Crippen LogP contribution in [0.4, 0.5) is 8.78 Å². The molecule has 0 bridgehead atoms. The summed E-state index contributed by atoms with van der Waals surface area (Å²) in [4.78, 5) is 0. The molecule has 1 unspecified atom stereocenters. The van der Waals surface area contributed by atoms with E-state index in [1.54, 1.807) is 0 Å². The molecule has 0 spiro atoms. The van der Waals surface area contributed by atoms with Gasteiger partial charge in [-0.15, -0.1) is 0 Å². The number of hydrogen-bond acceptors (Lipinski definition) is 1. The van der Waals surface area contributed by atoms with E-state index in [0.717, 1.165) is 18.6 Å². The van der Waals surface area contributed by atoms with E-state index in [-0.39, 0.29) is 5.92 Å². The molecule has 0 aromatic heterocycles. The van der Waals surface area contributed by atoms with Crippen LogP contribution in [0.15, 0.2) is 18.2 Å². The Kier molecular flexibility index (Phi) is 3.58. The van der Waals surface area contributed by atoms with Gasteiger partial charge in [-0.2, -0.15) is 5.26 Å². The van der Waals surface area contributed by atoms with E-state index in [1.165, 1.54) is 6.07 Å². The molecular formula is C11H11F2N. The highest BCUT2D eigenvalue weighted by Crippen LogP contribution is 2.14. The molecule has 1 nitrogen and oxygen atoms in total. The average Bonchev–Trinajstić information content (AvgIpc) is 2.19. The zero-order chi connectivity index (χ0) is 10.6. The van der Waals surface area contributed by atoms with Gasteiger partial charge < -0.3 is 0 Å². The van der Waals surface area contributed by atoms with Crippen LogP contribution in [0, 0.1) is 28.9 Å². The van der Waals surface area contributed by atoms with Crippen molar-refractivity contribution in [2.75, 3.05) is 0 Å². The smallest absolute Gasteiger partial charge is 0.159 e. The molecule has 0 fully saturated rings. The zero-order valence-electron chi connectivity index (χ0n) is 7.93. The monoisotopic (exact) mass is 195 g/mol. The van der Waals surface area contributed by atoms with Crippen LogP contribution in [0.25, 0.3) is 0 Å². The van der Waals surface area contributed by atoms with Crippen molar-refractivity contribution in [3.05, 3.63) is 35.4 Å². The first-order chi connectivity index (χ1) is 6.67. The highest BCUT2D eigenvalue weighted by molar-refractivity contribution is 5.19. The van der Waals surface area contributed by atoms with Crippen molar-refractivity contribution in [1.29, 1.82) is 5.26 Å². The number of nitriles is 1. The van der Waals surface area contributed by atoms with Crippen LogP contribution in [0.5, 0.6) is 0 Å². The largest absolute Gasteiger partial charge is 0.204 e. The van der Waals surface area contributed by atoms with Crippen LogP contribution in [-0.2, 0) is 6.42 Å². The second-order valence-corrected chi connectivity index (χ2v) is 3.19. The lowest BCUT2D eigenvalue weighted by Crippen LogP contribution is -2.00. The first-order valence-corrected chi connectivity index (χ1v) is 4.51. The van der Waals surface area contributed by atoms with Crippen LogP contribution in [0.3, 0.4) is 0 Å². The molecule has 3 heteroatoms. The Hall–Kier alpha value is -1.43. The number of nitrogens with zero attached hydrogens (tertiary/aromatic N) is 1. The molecule has 0 radical (unpaired) electrons. The van der Waals surface area contributed by atoms with Crippen molar-refractivity contribution in [2.45, 2.75) is 19.8 Å². The quantitative estimate of drug-likeness (QED) is 0.727. The van der Waals surface area contributed by atoms with E-state index in [0.29, 0.717) is 12.0 Å². The van der Waals surface area contributed by atoms with E-state index in [4.69, 9.17) is 5.26 Å². The van der Waals surface area contributed by atoms with Crippen LogP contribution in [0.1, 0.15) is 18.9 Å². The Morgan fingerprint density at radius 3 is 2.57 bits per heavy atom. The van der Waals surface area contributed by atoms with Gasteiger partial charge in [-0.05, 0) is 30.5 Å². The van der Waals surface area contributed by atoms with Crippen molar-refractivity contribution in [3.8, 4) is 6.07 Å². The van der Waals surface area contributed by atoms with E-state index in [2.05, 4.69) is 6.07 Å². The minimum Gasteiger partial charge on any atom is -0.204 e. The summed E-state index contributed by atoms with van der Waals surface area (Å²) in [6.45, 7) is 1.90. The summed E-state index contributed by atoms with van der Waals surface area (Å²) in [5.74, 6) is -1.83. The highest BCUT2D eigenvalue weighted by Gasteiger charge is 2.08. The third-order valence-corrected chi connectivity index (χ3v) is 2.14. The first kappa shape index (κ1) is 10.6. The number of benzene rings is 1. The Morgan fingerprint density at radius 1 is 1.36 bits per heavy atom. The zero-order valence-corrected chi connectivity index (χ0v) is 7.93. The van der Waals surface area contributed by atoms with Gasteiger partial charge in [0.1, 0.15) is 0 Å². The second-order valence-electron chi connectivity index (χ2n) is 3.19. The van der Waals surface area contributed by atoms with Gasteiger partial charge >= 0.3 is 0 Å². The minimum atomic E-state index is -0.852. The molecule has 0 N–H and O–H groups in total. The fourth-order valence-electron chi connectivity index (χ4n) is 1.23. The second kappa shape index (κ2) is 4.71. The van der Waals surface area contributed by atoms with Gasteiger partial charge in [0.15, 0.2) is 11.6 Å². The molecule has 0 aliphatic carbocycles. The SMILES string of the molecule is CCC(C#N)Cc1ccc(F)c(F)c1. The fraction of sp³-hybridized carbons (Fsp3) is 0.364. The molecule has 0 heterocycles. The topological polar surface area (TPSA) is 23.8 Å². The molecule has 0 aliphatic heterocycles. The maximum Gasteiger partial charge on any atom is 0.159 e. The standard InChI is InChI=1S/C11H11F2N/c1-2-8(7-14)5-9-3-4-10(12)11(13)6-9/h3-4,6,8H,2,5H2,1H3. The van der Waals surface area contributed by atoms with Gasteiger partial charge in [0.25, 0.3) is 0 Å². The van der Waals surface area contributed by atoms with Crippen molar-refractivity contribution in [1.82, 2.24) is 0 Å². The molecule has 1 aromatic rings. The number of rotatable bonds is 3. The van der Waals surface area contributed by atoms with Crippen molar-refractivity contribution in [3.63, 3.8) is 0 Å². The minimum absolute atomic E-state index is 0.125. The van der Waals surface area contributed by atoms with Gasteiger partial charge in [-0.3, -0.25) is 0 Å². The van der Waals surface area contributed by atoms with E-state index >= 15 is 0 Å². The molecule has 1 rings (SSSR count). The van der Waals surface area contributed by atoms with Gasteiger partial charge in [-0.25, -0.2) is 8.78 Å². The average molecular weight is 195 g/mol. The molecule has 1 atom stereocenters. The number of hydrogen-bond donors (Lipinski definition) is 0. The summed E-state index contributed by atoms with van der Waals surface area (Å²) in [7, 11) is 0. The highest BCUT2D eigenvalue weighted by atomic mass is 19.2. The van der Waals surface area contributed by atoms with Crippen molar-refractivity contribution < 1.29 is 8.78 Å². The molecule has 0 aliphatic rings. The Labute approximate surface area is 82.0 Å². The summed E-state index contributed by atoms with van der Waals surface area (Å²) in [5.41, 5.74) is 0.664. The first-order valence-electron chi connectivity index (χ1n) is 4.51. The molecule has 0 saturated carbocycles. The summed E-state index contributed by atoms with van der Waals surface area (Å²) in [5, 5.41) is 8.69. The summed E-state index contributed by atoms with van der Waals surface area (Å²) in [6.07, 6.45) is 1.19. The van der Waals surface area contributed by atoms with Crippen LogP contribution < -0.4 is 0 Å². The van der Waals surface area contributed by atoms with E-state index in [9.17, 15) is 8.78 Å². The predicted octanol–water partition coefficient (Wildman–Crippen LogP) is 3.06. The van der Waals surface area contributed by atoms with Gasteiger partial charge in [0.05, 0.1) is 12.0 Å². The molecule has 14 heavy (non-hydrogen) atoms. The summed E-state index contributed by atoms with van der Waals surface area (Å²) in [6, 6.07) is 5.87. The molecule has 1 aromatic carbocycles. The molecule has 0 saturated heterocycles. The van der Waals surface area contributed by atoms with E-state index < -0.39 is 11.6 Å². The Morgan fingerprint density at radius 2 is 2.07 bits per heavy atom. The normalized spacial score (nSPS) is 12.1. The number of halogens is 2. The predicted molar refractivity (Wildman–Crippen MR) is 49.5 cm³/mol. The summed E-state index contributed by atoms with van der Waals surface area (Å²) >= 11 is 0. The maximum atomic E-state index is 12.8. The van der Waals surface area contributed by atoms with Crippen LogP contribution in [0.2, 0.25) is 0 Å². The van der Waals surface area contributed by atoms with Crippen LogP contribution in [-0.4, -0.2) is 0 Å². The van der Waals surface area contributed by atoms with Crippen molar-refractivity contribution >= 4 is 0 Å². The van der Waals surface area contributed by atoms with Crippen LogP contribution >= 0.6 is 0 Å². The lowest BCUT2D eigenvalue weighted by molar-refractivity contribution is 0.505. The van der Waals surface area contributed by atoms with Gasteiger partial charge in [0.2, 0.25) is 0 Å². The lowest BCUT2D eigenvalue weighted by Gasteiger charge is -2.05. The fourth-order valence-corrected chi connectivity index (χ4v) is 1.23.